The highest BCUT2D eigenvalue weighted by atomic mass is 32.2. The second-order valence-corrected chi connectivity index (χ2v) is 10.3. The molecule has 1 aromatic carbocycles. The maximum Gasteiger partial charge on any atom is 0.225 e. The lowest BCUT2D eigenvalue weighted by atomic mass is 9.93. The highest BCUT2D eigenvalue weighted by Gasteiger charge is 2.32. The summed E-state index contributed by atoms with van der Waals surface area (Å²) in [5.74, 6) is 0.242. The third kappa shape index (κ3) is 4.70. The predicted molar refractivity (Wildman–Crippen MR) is 133 cm³/mol. The molecule has 2 aromatic heterocycles. The van der Waals surface area contributed by atoms with Gasteiger partial charge in [0.2, 0.25) is 5.91 Å². The first-order valence-corrected chi connectivity index (χ1v) is 13.4. The van der Waals surface area contributed by atoms with Crippen LogP contribution in [0, 0.1) is 18.7 Å². The van der Waals surface area contributed by atoms with Gasteiger partial charge in [0.15, 0.2) is 5.16 Å². The average molecular weight is 482 g/mol. The lowest BCUT2D eigenvalue weighted by molar-refractivity contribution is -0.138. The smallest absolute Gasteiger partial charge is 0.225 e. The topological polar surface area (TPSA) is 54.3 Å². The van der Waals surface area contributed by atoms with Crippen LogP contribution in [0.5, 0.6) is 0 Å². The number of aromatic nitrogens is 3. The number of piperidine rings is 2. The first-order chi connectivity index (χ1) is 16.5. The Morgan fingerprint density at radius 3 is 2.47 bits per heavy atom. The fraction of sp³-hybridized carbons (Fsp3) is 0.500. The number of rotatable bonds is 5. The minimum absolute atomic E-state index is 0.123. The van der Waals surface area contributed by atoms with E-state index in [1.54, 1.807) is 24.8 Å². The molecule has 0 aliphatic carbocycles. The van der Waals surface area contributed by atoms with E-state index >= 15 is 0 Å². The summed E-state index contributed by atoms with van der Waals surface area (Å²) in [5.41, 5.74) is 3.60. The summed E-state index contributed by atoms with van der Waals surface area (Å²) in [5, 5.41) is 0.923. The summed E-state index contributed by atoms with van der Waals surface area (Å²) in [6, 6.07) is 7.81. The average Bonchev–Trinajstić information content (AvgIpc) is 3.22. The van der Waals surface area contributed by atoms with Crippen molar-refractivity contribution >= 4 is 28.7 Å². The van der Waals surface area contributed by atoms with E-state index in [0.717, 1.165) is 74.6 Å². The number of halogens is 1. The van der Waals surface area contributed by atoms with Crippen molar-refractivity contribution in [2.24, 2.45) is 5.92 Å². The van der Waals surface area contributed by atoms with Gasteiger partial charge in [0.1, 0.15) is 5.82 Å². The van der Waals surface area contributed by atoms with Crippen LogP contribution in [0.3, 0.4) is 0 Å². The maximum atomic E-state index is 14.3. The largest absolute Gasteiger partial charge is 0.342 e. The molecule has 180 valence electrons. The Labute approximate surface area is 204 Å². The Hall–Kier alpha value is -2.45. The molecular formula is C26H32FN5OS. The number of carbonyl (C=O) groups is 1. The number of carbonyl (C=O) groups excluding carboxylic acids is 1. The van der Waals surface area contributed by atoms with Gasteiger partial charge < -0.3 is 9.47 Å². The number of hydrogen-bond acceptors (Lipinski definition) is 5. The molecule has 0 saturated carbocycles. The summed E-state index contributed by atoms with van der Waals surface area (Å²) >= 11 is 1.60. The normalized spacial score (nSPS) is 18.6. The minimum Gasteiger partial charge on any atom is -0.342 e. The summed E-state index contributed by atoms with van der Waals surface area (Å²) in [4.78, 5) is 26.6. The standard InChI is InChI=1S/C26H32FN5OS/c1-18-15-23-24(16-22(18)27)32(26(29-23)34-2)21-7-13-31(14-8-21)25(33)20-5-11-30(12-6-20)17-19-3-9-28-10-4-19/h3-4,9-10,15-16,20-21H,5-8,11-14,17H2,1-2H3. The number of benzene rings is 1. The summed E-state index contributed by atoms with van der Waals surface area (Å²) in [7, 11) is 0. The van der Waals surface area contributed by atoms with Gasteiger partial charge in [-0.25, -0.2) is 9.37 Å². The molecule has 2 aliphatic rings. The van der Waals surface area contributed by atoms with Gasteiger partial charge in [-0.1, -0.05) is 11.8 Å². The lowest BCUT2D eigenvalue weighted by Crippen LogP contribution is -2.45. The Balaban J connectivity index is 1.19. The van der Waals surface area contributed by atoms with Gasteiger partial charge in [-0.2, -0.15) is 0 Å². The Kier molecular flexibility index (Phi) is 6.88. The summed E-state index contributed by atoms with van der Waals surface area (Å²) in [6.07, 6.45) is 9.28. The molecule has 0 N–H and O–H groups in total. The van der Waals surface area contributed by atoms with Crippen molar-refractivity contribution in [2.75, 3.05) is 32.4 Å². The van der Waals surface area contributed by atoms with Crippen molar-refractivity contribution < 1.29 is 9.18 Å². The van der Waals surface area contributed by atoms with Crippen LogP contribution in [0.25, 0.3) is 11.0 Å². The molecule has 6 nitrogen and oxygen atoms in total. The van der Waals surface area contributed by atoms with Crippen LogP contribution < -0.4 is 0 Å². The monoisotopic (exact) mass is 481 g/mol. The van der Waals surface area contributed by atoms with Gasteiger partial charge in [0.25, 0.3) is 0 Å². The van der Waals surface area contributed by atoms with E-state index in [9.17, 15) is 9.18 Å². The molecule has 5 rings (SSSR count). The van der Waals surface area contributed by atoms with Crippen LogP contribution >= 0.6 is 11.8 Å². The number of fused-ring (bicyclic) bond motifs is 1. The van der Waals surface area contributed by atoms with Gasteiger partial charge in [-0.05, 0) is 81.3 Å². The molecule has 1 amide bonds. The van der Waals surface area contributed by atoms with Crippen LogP contribution in [0.1, 0.15) is 42.9 Å². The number of likely N-dealkylation sites (tertiary alicyclic amines) is 2. The van der Waals surface area contributed by atoms with Crippen molar-refractivity contribution in [3.8, 4) is 0 Å². The first-order valence-electron chi connectivity index (χ1n) is 12.2. The third-order valence-electron chi connectivity index (χ3n) is 7.35. The van der Waals surface area contributed by atoms with Gasteiger partial charge >= 0.3 is 0 Å². The molecule has 4 heterocycles. The molecule has 34 heavy (non-hydrogen) atoms. The molecule has 0 spiro atoms. The van der Waals surface area contributed by atoms with Crippen molar-refractivity contribution in [3.63, 3.8) is 0 Å². The van der Waals surface area contributed by atoms with Gasteiger partial charge in [-0.3, -0.25) is 14.7 Å². The maximum absolute atomic E-state index is 14.3. The van der Waals surface area contributed by atoms with Gasteiger partial charge in [-0.15, -0.1) is 0 Å². The summed E-state index contributed by atoms with van der Waals surface area (Å²) in [6.45, 7) is 6.12. The van der Waals surface area contributed by atoms with Gasteiger partial charge in [0.05, 0.1) is 11.0 Å². The molecular weight excluding hydrogens is 449 g/mol. The molecule has 0 atom stereocenters. The number of nitrogens with zero attached hydrogens (tertiary/aromatic N) is 5. The zero-order valence-corrected chi connectivity index (χ0v) is 20.7. The zero-order chi connectivity index (χ0) is 23.7. The second kappa shape index (κ2) is 10.0. The molecule has 2 aliphatic heterocycles. The van der Waals surface area contributed by atoms with E-state index in [4.69, 9.17) is 4.98 Å². The van der Waals surface area contributed by atoms with E-state index in [1.807, 2.05) is 24.7 Å². The van der Waals surface area contributed by atoms with E-state index < -0.39 is 0 Å². The van der Waals surface area contributed by atoms with Crippen molar-refractivity contribution in [1.82, 2.24) is 24.3 Å². The van der Waals surface area contributed by atoms with Crippen molar-refractivity contribution in [3.05, 3.63) is 53.6 Å². The predicted octanol–water partition coefficient (Wildman–Crippen LogP) is 4.68. The molecule has 0 radical (unpaired) electrons. The van der Waals surface area contributed by atoms with E-state index in [1.165, 1.54) is 5.56 Å². The fourth-order valence-electron chi connectivity index (χ4n) is 5.38. The Bertz CT molecular complexity index is 1150. The van der Waals surface area contributed by atoms with E-state index in [2.05, 4.69) is 31.5 Å². The number of imidazole rings is 1. The second-order valence-electron chi connectivity index (χ2n) is 9.52. The van der Waals surface area contributed by atoms with Crippen LogP contribution in [0.15, 0.2) is 41.8 Å². The summed E-state index contributed by atoms with van der Waals surface area (Å²) < 4.78 is 16.5. The molecule has 0 bridgehead atoms. The van der Waals surface area contributed by atoms with E-state index in [-0.39, 0.29) is 17.8 Å². The zero-order valence-electron chi connectivity index (χ0n) is 19.9. The number of aryl methyl sites for hydroxylation is 1. The molecule has 3 aromatic rings. The van der Waals surface area contributed by atoms with E-state index in [0.29, 0.717) is 11.5 Å². The van der Waals surface area contributed by atoms with Crippen LogP contribution in [-0.2, 0) is 11.3 Å². The number of pyridine rings is 1. The quantitative estimate of drug-likeness (QED) is 0.496. The minimum atomic E-state index is -0.191. The third-order valence-corrected chi connectivity index (χ3v) is 8.01. The van der Waals surface area contributed by atoms with Crippen LogP contribution in [0.2, 0.25) is 0 Å². The number of hydrogen-bond donors (Lipinski definition) is 0. The number of thioether (sulfide) groups is 1. The Morgan fingerprint density at radius 1 is 1.09 bits per heavy atom. The number of amides is 1. The molecule has 0 unspecified atom stereocenters. The van der Waals surface area contributed by atoms with Crippen LogP contribution in [0.4, 0.5) is 4.39 Å². The van der Waals surface area contributed by atoms with Gasteiger partial charge in [0, 0.05) is 50.1 Å². The van der Waals surface area contributed by atoms with Crippen molar-refractivity contribution in [2.45, 2.75) is 50.4 Å². The highest BCUT2D eigenvalue weighted by Crippen LogP contribution is 2.34. The molecule has 2 saturated heterocycles. The first kappa shape index (κ1) is 23.3. The SMILES string of the molecule is CSc1nc2cc(C)c(F)cc2n1C1CCN(C(=O)C2CCN(Cc3ccncc3)CC2)CC1. The lowest BCUT2D eigenvalue weighted by Gasteiger charge is -2.38. The highest BCUT2D eigenvalue weighted by molar-refractivity contribution is 7.98. The molecule has 2 fully saturated rings. The van der Waals surface area contributed by atoms with Crippen molar-refractivity contribution in [1.29, 1.82) is 0 Å². The van der Waals surface area contributed by atoms with Crippen LogP contribution in [-0.4, -0.2) is 62.7 Å². The Morgan fingerprint density at radius 2 is 1.79 bits per heavy atom. The fourth-order valence-corrected chi connectivity index (χ4v) is 6.02. The molecule has 8 heteroatoms.